The number of aryl methyl sites for hydroxylation is 1. The molecule has 2 N–H and O–H groups in total. The molecular weight excluding hydrogens is 356 g/mol. The van der Waals surface area contributed by atoms with Crippen molar-refractivity contribution in [1.29, 1.82) is 0 Å². The van der Waals surface area contributed by atoms with Crippen LogP contribution in [0.1, 0.15) is 12.0 Å². The minimum atomic E-state index is 0.177. The maximum absolute atomic E-state index is 10.7. The van der Waals surface area contributed by atoms with Gasteiger partial charge in [0.15, 0.2) is 0 Å². The second kappa shape index (κ2) is 8.43. The lowest BCUT2D eigenvalue weighted by atomic mass is 10.2. The summed E-state index contributed by atoms with van der Waals surface area (Å²) in [5.74, 6) is 1.49. The summed E-state index contributed by atoms with van der Waals surface area (Å²) in [6, 6.07) is 8.50. The standard InChI is InChI=1S/C20H26N6O2/c1-15-12-21-20(24-19(15)26-7-6-17(13-26)22-14-27)23-16-2-4-18(5-3-16)25-8-10-28-11-9-25/h2-5,12,14,17H,6-11,13H2,1H3,(H,22,27)(H,21,23,24). The molecule has 148 valence electrons. The number of morpholine rings is 1. The number of amides is 1. The summed E-state index contributed by atoms with van der Waals surface area (Å²) in [6.07, 6.45) is 3.54. The van der Waals surface area contributed by atoms with Gasteiger partial charge in [0.1, 0.15) is 5.82 Å². The first-order chi connectivity index (χ1) is 13.7. The summed E-state index contributed by atoms with van der Waals surface area (Å²) in [6.45, 7) is 7.05. The number of ether oxygens (including phenoxy) is 1. The van der Waals surface area contributed by atoms with Crippen LogP contribution >= 0.6 is 0 Å². The van der Waals surface area contributed by atoms with E-state index in [4.69, 9.17) is 9.72 Å². The van der Waals surface area contributed by atoms with Crippen LogP contribution in [-0.4, -0.2) is 61.8 Å². The molecule has 0 bridgehead atoms. The summed E-state index contributed by atoms with van der Waals surface area (Å²) in [7, 11) is 0. The number of rotatable bonds is 6. The largest absolute Gasteiger partial charge is 0.378 e. The highest BCUT2D eigenvalue weighted by Crippen LogP contribution is 2.25. The minimum Gasteiger partial charge on any atom is -0.378 e. The Labute approximate surface area is 164 Å². The van der Waals surface area contributed by atoms with E-state index < -0.39 is 0 Å². The first kappa shape index (κ1) is 18.5. The first-order valence-electron chi connectivity index (χ1n) is 9.71. The molecule has 28 heavy (non-hydrogen) atoms. The predicted octanol–water partition coefficient (Wildman–Crippen LogP) is 1.69. The molecule has 0 spiro atoms. The number of carbonyl (C=O) groups is 1. The van der Waals surface area contributed by atoms with Gasteiger partial charge >= 0.3 is 0 Å². The monoisotopic (exact) mass is 382 g/mol. The number of hydrogen-bond donors (Lipinski definition) is 2. The molecule has 1 amide bonds. The maximum Gasteiger partial charge on any atom is 0.229 e. The van der Waals surface area contributed by atoms with E-state index in [1.54, 1.807) is 0 Å². The van der Waals surface area contributed by atoms with Gasteiger partial charge in [-0.25, -0.2) is 4.98 Å². The lowest BCUT2D eigenvalue weighted by Crippen LogP contribution is -2.36. The molecule has 1 aromatic carbocycles. The summed E-state index contributed by atoms with van der Waals surface area (Å²) in [4.78, 5) is 24.3. The predicted molar refractivity (Wildman–Crippen MR) is 109 cm³/mol. The number of hydrogen-bond acceptors (Lipinski definition) is 7. The first-order valence-corrected chi connectivity index (χ1v) is 9.71. The van der Waals surface area contributed by atoms with Crippen molar-refractivity contribution < 1.29 is 9.53 Å². The summed E-state index contributed by atoms with van der Waals surface area (Å²) in [5, 5.41) is 6.15. The Morgan fingerprint density at radius 2 is 1.93 bits per heavy atom. The van der Waals surface area contributed by atoms with Crippen LogP contribution in [-0.2, 0) is 9.53 Å². The number of anilines is 4. The summed E-state index contributed by atoms with van der Waals surface area (Å²) < 4.78 is 5.41. The quantitative estimate of drug-likeness (QED) is 0.736. The summed E-state index contributed by atoms with van der Waals surface area (Å²) in [5.41, 5.74) is 3.18. The van der Waals surface area contributed by atoms with Crippen LogP contribution in [0.2, 0.25) is 0 Å². The van der Waals surface area contributed by atoms with Gasteiger partial charge in [-0.05, 0) is 37.6 Å². The van der Waals surface area contributed by atoms with Gasteiger partial charge in [-0.3, -0.25) is 4.79 Å². The lowest BCUT2D eigenvalue weighted by molar-refractivity contribution is -0.110. The molecule has 0 aliphatic carbocycles. The third-order valence-electron chi connectivity index (χ3n) is 5.24. The zero-order valence-corrected chi connectivity index (χ0v) is 16.1. The molecule has 0 saturated carbocycles. The Kier molecular flexibility index (Phi) is 5.57. The van der Waals surface area contributed by atoms with Gasteiger partial charge in [0.25, 0.3) is 0 Å². The average Bonchev–Trinajstić information content (AvgIpc) is 3.19. The van der Waals surface area contributed by atoms with Crippen LogP contribution in [0.15, 0.2) is 30.5 Å². The van der Waals surface area contributed by atoms with Crippen LogP contribution in [0, 0.1) is 6.92 Å². The zero-order chi connectivity index (χ0) is 19.3. The normalized spacial score (nSPS) is 19.5. The topological polar surface area (TPSA) is 82.6 Å². The van der Waals surface area contributed by atoms with E-state index in [-0.39, 0.29) is 6.04 Å². The highest BCUT2D eigenvalue weighted by molar-refractivity contribution is 5.61. The number of carbonyl (C=O) groups excluding carboxylic acids is 1. The van der Waals surface area contributed by atoms with Gasteiger partial charge in [0, 0.05) is 55.4 Å². The van der Waals surface area contributed by atoms with Crippen molar-refractivity contribution >= 4 is 29.6 Å². The van der Waals surface area contributed by atoms with Crippen LogP contribution in [0.25, 0.3) is 0 Å². The Morgan fingerprint density at radius 3 is 2.68 bits per heavy atom. The molecular formula is C20H26N6O2. The van der Waals surface area contributed by atoms with Gasteiger partial charge in [-0.1, -0.05) is 0 Å². The maximum atomic E-state index is 10.7. The van der Waals surface area contributed by atoms with Crippen LogP contribution in [0.3, 0.4) is 0 Å². The smallest absolute Gasteiger partial charge is 0.229 e. The van der Waals surface area contributed by atoms with Crippen molar-refractivity contribution in [2.75, 3.05) is 54.5 Å². The fourth-order valence-electron chi connectivity index (χ4n) is 3.70. The molecule has 2 aromatic rings. The number of nitrogens with one attached hydrogen (secondary N) is 2. The zero-order valence-electron chi connectivity index (χ0n) is 16.1. The molecule has 3 heterocycles. The van der Waals surface area contributed by atoms with Crippen LogP contribution < -0.4 is 20.4 Å². The van der Waals surface area contributed by atoms with Gasteiger partial charge in [0.2, 0.25) is 12.4 Å². The average molecular weight is 382 g/mol. The third kappa shape index (κ3) is 4.17. The van der Waals surface area contributed by atoms with E-state index in [2.05, 4.69) is 37.6 Å². The van der Waals surface area contributed by atoms with Crippen LogP contribution in [0.4, 0.5) is 23.1 Å². The van der Waals surface area contributed by atoms with E-state index in [0.29, 0.717) is 5.95 Å². The van der Waals surface area contributed by atoms with E-state index >= 15 is 0 Å². The third-order valence-corrected chi connectivity index (χ3v) is 5.24. The van der Waals surface area contributed by atoms with Crippen molar-refractivity contribution in [1.82, 2.24) is 15.3 Å². The molecule has 1 atom stereocenters. The van der Waals surface area contributed by atoms with E-state index in [9.17, 15) is 4.79 Å². The molecule has 2 saturated heterocycles. The van der Waals surface area contributed by atoms with E-state index in [1.165, 1.54) is 5.69 Å². The summed E-state index contributed by atoms with van der Waals surface area (Å²) >= 11 is 0. The van der Waals surface area contributed by atoms with E-state index in [1.807, 2.05) is 25.3 Å². The van der Waals surface area contributed by atoms with Gasteiger partial charge in [-0.2, -0.15) is 4.98 Å². The lowest BCUT2D eigenvalue weighted by Gasteiger charge is -2.28. The molecule has 1 aromatic heterocycles. The number of nitrogens with zero attached hydrogens (tertiary/aromatic N) is 4. The van der Waals surface area contributed by atoms with Crippen LogP contribution in [0.5, 0.6) is 0 Å². The highest BCUT2D eigenvalue weighted by Gasteiger charge is 2.24. The Balaban J connectivity index is 1.44. The van der Waals surface area contributed by atoms with Crippen molar-refractivity contribution in [2.24, 2.45) is 0 Å². The molecule has 4 rings (SSSR count). The highest BCUT2D eigenvalue weighted by atomic mass is 16.5. The molecule has 8 nitrogen and oxygen atoms in total. The van der Waals surface area contributed by atoms with Crippen molar-refractivity contribution in [3.8, 4) is 0 Å². The molecule has 0 radical (unpaired) electrons. The van der Waals surface area contributed by atoms with Gasteiger partial charge < -0.3 is 25.2 Å². The molecule has 2 fully saturated rings. The number of benzene rings is 1. The van der Waals surface area contributed by atoms with Gasteiger partial charge in [-0.15, -0.1) is 0 Å². The Hall–Kier alpha value is -2.87. The van der Waals surface area contributed by atoms with Crippen molar-refractivity contribution in [3.05, 3.63) is 36.0 Å². The van der Waals surface area contributed by atoms with Gasteiger partial charge in [0.05, 0.1) is 13.2 Å². The fraction of sp³-hybridized carbons (Fsp3) is 0.450. The molecule has 2 aliphatic rings. The Bertz CT molecular complexity index is 807. The van der Waals surface area contributed by atoms with Crippen molar-refractivity contribution in [3.63, 3.8) is 0 Å². The molecule has 2 aliphatic heterocycles. The van der Waals surface area contributed by atoms with Crippen molar-refractivity contribution in [2.45, 2.75) is 19.4 Å². The Morgan fingerprint density at radius 1 is 1.14 bits per heavy atom. The molecule has 8 heteroatoms. The minimum absolute atomic E-state index is 0.177. The second-order valence-corrected chi connectivity index (χ2v) is 7.19. The number of aromatic nitrogens is 2. The fourth-order valence-corrected chi connectivity index (χ4v) is 3.70. The molecule has 1 unspecified atom stereocenters. The SMILES string of the molecule is Cc1cnc(Nc2ccc(N3CCOCC3)cc2)nc1N1CCC(NC=O)C1. The van der Waals surface area contributed by atoms with E-state index in [0.717, 1.165) is 69.3 Å². The second-order valence-electron chi connectivity index (χ2n) is 7.19.